The lowest BCUT2D eigenvalue weighted by molar-refractivity contribution is 0.0532. The van der Waals surface area contributed by atoms with Gasteiger partial charge in [0.05, 0.1) is 18.4 Å². The van der Waals surface area contributed by atoms with Crippen LogP contribution in [0, 0.1) is 5.92 Å². The fourth-order valence-corrected chi connectivity index (χ4v) is 4.79. The summed E-state index contributed by atoms with van der Waals surface area (Å²) in [4.78, 5) is 16.8. The monoisotopic (exact) mass is 471 g/mol. The molecule has 0 atom stereocenters. The van der Waals surface area contributed by atoms with Crippen LogP contribution in [0.5, 0.6) is 11.5 Å². The normalized spacial score (nSPS) is 20.2. The highest BCUT2D eigenvalue weighted by atomic mass is 35.5. The maximum Gasteiger partial charge on any atom is 0.321 e. The molecule has 0 aromatic heterocycles. The number of nitrogens with one attached hydrogen (secondary N) is 1. The van der Waals surface area contributed by atoms with Gasteiger partial charge in [-0.15, -0.1) is 0 Å². The summed E-state index contributed by atoms with van der Waals surface area (Å²) in [6, 6.07) is 13.4. The first-order valence-corrected chi connectivity index (χ1v) is 12.3. The third-order valence-corrected chi connectivity index (χ3v) is 6.77. The Kier molecular flexibility index (Phi) is 7.99. The number of urea groups is 1. The van der Waals surface area contributed by atoms with E-state index in [2.05, 4.69) is 16.3 Å². The van der Waals surface area contributed by atoms with E-state index in [1.54, 1.807) is 4.90 Å². The molecular weight excluding hydrogens is 438 g/mol. The summed E-state index contributed by atoms with van der Waals surface area (Å²) in [5.41, 5.74) is 1.85. The number of hydrogen-bond donors (Lipinski definition) is 1. The van der Waals surface area contributed by atoms with Crippen molar-refractivity contribution in [3.05, 3.63) is 53.1 Å². The summed E-state index contributed by atoms with van der Waals surface area (Å²) in [6.45, 7) is 6.40. The van der Waals surface area contributed by atoms with Gasteiger partial charge < -0.3 is 19.7 Å². The number of likely N-dealkylation sites (tertiary alicyclic amines) is 1. The van der Waals surface area contributed by atoms with E-state index in [9.17, 15) is 4.79 Å². The number of hydrogen-bond acceptors (Lipinski definition) is 4. The van der Waals surface area contributed by atoms with Crippen molar-refractivity contribution >= 4 is 23.3 Å². The zero-order valence-electron chi connectivity index (χ0n) is 19.6. The smallest absolute Gasteiger partial charge is 0.321 e. The number of carbonyl (C=O) groups is 1. The van der Waals surface area contributed by atoms with E-state index in [4.69, 9.17) is 21.1 Å². The molecule has 178 valence electrons. The molecule has 0 spiro atoms. The van der Waals surface area contributed by atoms with E-state index in [-0.39, 0.29) is 12.1 Å². The predicted octanol–water partition coefficient (Wildman–Crippen LogP) is 5.66. The van der Waals surface area contributed by atoms with Crippen molar-refractivity contribution in [3.63, 3.8) is 0 Å². The predicted molar refractivity (Wildman–Crippen MR) is 132 cm³/mol. The maximum absolute atomic E-state index is 12.6. The van der Waals surface area contributed by atoms with Crippen LogP contribution in [-0.2, 0) is 6.54 Å². The molecule has 2 fully saturated rings. The van der Waals surface area contributed by atoms with Crippen LogP contribution in [0.2, 0.25) is 5.02 Å². The van der Waals surface area contributed by atoms with Gasteiger partial charge in [-0.3, -0.25) is 4.90 Å². The standard InChI is InChI=1S/C26H34ClN3O3/c1-3-32-25-9-5-4-8-24(25)28-26(31)29(2)17-19-14-22(15-19)33-21-11-10-20(23(27)16-21)18-30-12-6-7-13-30/h4-5,8-11,16,19,22H,3,6-7,12-15,17-18H2,1-2H3,(H,28,31). The summed E-state index contributed by atoms with van der Waals surface area (Å²) in [5, 5.41) is 3.73. The molecule has 2 aromatic rings. The Labute approximate surface area is 201 Å². The zero-order chi connectivity index (χ0) is 23.2. The molecular formula is C26H34ClN3O3. The number of anilines is 1. The van der Waals surface area contributed by atoms with E-state index in [0.29, 0.717) is 30.5 Å². The summed E-state index contributed by atoms with van der Waals surface area (Å²) >= 11 is 6.52. The van der Waals surface area contributed by atoms with Crippen molar-refractivity contribution in [2.24, 2.45) is 5.92 Å². The van der Waals surface area contributed by atoms with Crippen LogP contribution in [0.3, 0.4) is 0 Å². The van der Waals surface area contributed by atoms with Crippen molar-refractivity contribution in [2.75, 3.05) is 38.6 Å². The second-order valence-electron chi connectivity index (χ2n) is 9.05. The van der Waals surface area contributed by atoms with Gasteiger partial charge in [-0.2, -0.15) is 0 Å². The number of benzene rings is 2. The first kappa shape index (κ1) is 23.7. The van der Waals surface area contributed by atoms with E-state index in [1.165, 1.54) is 12.8 Å². The average Bonchev–Trinajstić information content (AvgIpc) is 3.28. The molecule has 7 heteroatoms. The Hall–Kier alpha value is -2.44. The largest absolute Gasteiger partial charge is 0.492 e. The Morgan fingerprint density at radius 3 is 2.67 bits per heavy atom. The Balaban J connectivity index is 1.21. The minimum atomic E-state index is -0.133. The topological polar surface area (TPSA) is 54.0 Å². The van der Waals surface area contributed by atoms with Gasteiger partial charge in [-0.05, 0) is 81.4 Å². The third kappa shape index (κ3) is 6.33. The zero-order valence-corrected chi connectivity index (χ0v) is 20.3. The van der Waals surface area contributed by atoms with E-state index >= 15 is 0 Å². The first-order valence-electron chi connectivity index (χ1n) is 11.9. The Morgan fingerprint density at radius 2 is 1.94 bits per heavy atom. The van der Waals surface area contributed by atoms with E-state index < -0.39 is 0 Å². The van der Waals surface area contributed by atoms with Crippen molar-refractivity contribution in [3.8, 4) is 11.5 Å². The molecule has 2 aliphatic rings. The molecule has 0 unspecified atom stereocenters. The lowest BCUT2D eigenvalue weighted by Gasteiger charge is -2.37. The van der Waals surface area contributed by atoms with Crippen LogP contribution in [0.4, 0.5) is 10.5 Å². The van der Waals surface area contributed by atoms with Gasteiger partial charge in [0.1, 0.15) is 11.5 Å². The molecule has 0 bridgehead atoms. The highest BCUT2D eigenvalue weighted by Crippen LogP contribution is 2.34. The van der Waals surface area contributed by atoms with Gasteiger partial charge in [0, 0.05) is 25.2 Å². The molecule has 2 amide bonds. The summed E-state index contributed by atoms with van der Waals surface area (Å²) in [6.07, 6.45) is 4.59. The minimum absolute atomic E-state index is 0.133. The number of rotatable bonds is 9. The second kappa shape index (κ2) is 11.1. The third-order valence-electron chi connectivity index (χ3n) is 6.42. The van der Waals surface area contributed by atoms with Gasteiger partial charge in [0.15, 0.2) is 0 Å². The summed E-state index contributed by atoms with van der Waals surface area (Å²) < 4.78 is 11.7. The molecule has 1 saturated carbocycles. The molecule has 1 aliphatic heterocycles. The van der Waals surface area contributed by atoms with Crippen molar-refractivity contribution < 1.29 is 14.3 Å². The van der Waals surface area contributed by atoms with Crippen LogP contribution >= 0.6 is 11.6 Å². The van der Waals surface area contributed by atoms with Gasteiger partial charge >= 0.3 is 6.03 Å². The van der Waals surface area contributed by atoms with Gasteiger partial charge in [0.2, 0.25) is 0 Å². The molecule has 6 nitrogen and oxygen atoms in total. The summed E-state index contributed by atoms with van der Waals surface area (Å²) in [5.74, 6) is 1.94. The van der Waals surface area contributed by atoms with E-state index in [1.807, 2.05) is 50.4 Å². The lowest BCUT2D eigenvalue weighted by Crippen LogP contribution is -2.43. The molecule has 1 saturated heterocycles. The highest BCUT2D eigenvalue weighted by Gasteiger charge is 2.32. The van der Waals surface area contributed by atoms with E-state index in [0.717, 1.165) is 48.8 Å². The fraction of sp³-hybridized carbons (Fsp3) is 0.500. The fourth-order valence-electron chi connectivity index (χ4n) is 4.56. The van der Waals surface area contributed by atoms with Crippen LogP contribution in [-0.4, -0.2) is 55.2 Å². The molecule has 33 heavy (non-hydrogen) atoms. The molecule has 1 N–H and O–H groups in total. The van der Waals surface area contributed by atoms with Gasteiger partial charge in [-0.1, -0.05) is 29.8 Å². The number of carbonyl (C=O) groups excluding carboxylic acids is 1. The SMILES string of the molecule is CCOc1ccccc1NC(=O)N(C)CC1CC(Oc2ccc(CN3CCCC3)c(Cl)c2)C1. The number of nitrogens with zero attached hydrogens (tertiary/aromatic N) is 2. The first-order chi connectivity index (χ1) is 16.0. The van der Waals surface area contributed by atoms with Crippen molar-refractivity contribution in [1.82, 2.24) is 9.80 Å². The molecule has 4 rings (SSSR count). The van der Waals surface area contributed by atoms with Gasteiger partial charge in [-0.25, -0.2) is 4.79 Å². The maximum atomic E-state index is 12.6. The molecule has 0 radical (unpaired) electrons. The number of amides is 2. The quantitative estimate of drug-likeness (QED) is 0.513. The minimum Gasteiger partial charge on any atom is -0.492 e. The Morgan fingerprint density at radius 1 is 1.18 bits per heavy atom. The summed E-state index contributed by atoms with van der Waals surface area (Å²) in [7, 11) is 1.83. The van der Waals surface area contributed by atoms with Crippen molar-refractivity contribution in [1.29, 1.82) is 0 Å². The van der Waals surface area contributed by atoms with Crippen LogP contribution in [0.25, 0.3) is 0 Å². The lowest BCUT2D eigenvalue weighted by atomic mass is 9.82. The van der Waals surface area contributed by atoms with Crippen LogP contribution in [0.1, 0.15) is 38.2 Å². The molecule has 2 aromatic carbocycles. The van der Waals surface area contributed by atoms with Crippen LogP contribution in [0.15, 0.2) is 42.5 Å². The Bertz CT molecular complexity index is 942. The number of halogens is 1. The molecule has 1 aliphatic carbocycles. The van der Waals surface area contributed by atoms with Gasteiger partial charge in [0.25, 0.3) is 0 Å². The highest BCUT2D eigenvalue weighted by molar-refractivity contribution is 6.31. The second-order valence-corrected chi connectivity index (χ2v) is 9.46. The van der Waals surface area contributed by atoms with Crippen molar-refractivity contribution in [2.45, 2.75) is 45.3 Å². The number of para-hydroxylation sites is 2. The average molecular weight is 472 g/mol. The molecule has 1 heterocycles. The number of ether oxygens (including phenoxy) is 2. The van der Waals surface area contributed by atoms with Crippen LogP contribution < -0.4 is 14.8 Å².